The number of hydrogen-bond acceptors (Lipinski definition) is 6. The number of amides is 1. The van der Waals surface area contributed by atoms with Crippen LogP contribution in [-0.4, -0.2) is 64.5 Å². The largest absolute Gasteiger partial charge is 0.348 e. The number of carbonyl (C=O) groups is 1. The summed E-state index contributed by atoms with van der Waals surface area (Å²) in [6, 6.07) is 12.7. The van der Waals surface area contributed by atoms with E-state index < -0.39 is 11.2 Å². The van der Waals surface area contributed by atoms with Gasteiger partial charge in [0.2, 0.25) is 0 Å². The zero-order chi connectivity index (χ0) is 26.3. The molecule has 200 valence electrons. The van der Waals surface area contributed by atoms with Gasteiger partial charge in [0.1, 0.15) is 0 Å². The smallest absolute Gasteiger partial charge is 0.329 e. The number of para-hydroxylation sites is 1. The zero-order valence-corrected chi connectivity index (χ0v) is 21.8. The Kier molecular flexibility index (Phi) is 6.86. The minimum absolute atomic E-state index is 0.0443. The van der Waals surface area contributed by atoms with Crippen molar-refractivity contribution in [3.05, 3.63) is 79.5 Å². The molecule has 2 N–H and O–H groups in total. The average Bonchev–Trinajstić information content (AvgIpc) is 3.58. The number of hydrogen-bond donors (Lipinski definition) is 2. The molecule has 3 aromatic rings. The molecular formula is C28H31ClN4O5. The number of likely N-dealkylation sites (tertiary alicyclic amines) is 1. The first-order valence-electron chi connectivity index (χ1n) is 13.2. The Morgan fingerprint density at radius 2 is 1.84 bits per heavy atom. The fraction of sp³-hybridized carbons (Fsp3) is 0.464. The molecule has 1 saturated carbocycles. The van der Waals surface area contributed by atoms with E-state index >= 15 is 0 Å². The fourth-order valence-electron chi connectivity index (χ4n) is 6.12. The van der Waals surface area contributed by atoms with Crippen LogP contribution in [0.4, 0.5) is 0 Å². The number of aromatic nitrogens is 2. The van der Waals surface area contributed by atoms with E-state index in [9.17, 15) is 14.4 Å². The summed E-state index contributed by atoms with van der Waals surface area (Å²) in [4.78, 5) is 42.9. The van der Waals surface area contributed by atoms with Gasteiger partial charge in [0.25, 0.3) is 11.5 Å². The van der Waals surface area contributed by atoms with Gasteiger partial charge in [-0.1, -0.05) is 29.8 Å². The van der Waals surface area contributed by atoms with Crippen LogP contribution in [0.5, 0.6) is 0 Å². The first kappa shape index (κ1) is 25.3. The second-order valence-corrected chi connectivity index (χ2v) is 10.9. The molecule has 38 heavy (non-hydrogen) atoms. The molecule has 1 unspecified atom stereocenters. The summed E-state index contributed by atoms with van der Waals surface area (Å²) >= 11 is 6.43. The van der Waals surface area contributed by atoms with E-state index in [0.29, 0.717) is 40.7 Å². The van der Waals surface area contributed by atoms with E-state index in [1.54, 1.807) is 42.5 Å². The summed E-state index contributed by atoms with van der Waals surface area (Å²) in [5.41, 5.74) is 0.726. The highest BCUT2D eigenvalue weighted by atomic mass is 35.5. The lowest BCUT2D eigenvalue weighted by molar-refractivity contribution is -0.183. The number of aromatic amines is 1. The molecule has 2 saturated heterocycles. The topological polar surface area (TPSA) is 106 Å². The number of nitrogens with zero attached hydrogens (tertiary/aromatic N) is 2. The number of nitrogens with one attached hydrogen (secondary N) is 2. The van der Waals surface area contributed by atoms with Gasteiger partial charge in [0.05, 0.1) is 41.2 Å². The molecule has 0 bridgehead atoms. The number of H-pyrrole nitrogens is 1. The number of benzene rings is 2. The number of halogens is 1. The normalized spacial score (nSPS) is 21.9. The Morgan fingerprint density at radius 3 is 2.63 bits per heavy atom. The van der Waals surface area contributed by atoms with Crippen molar-refractivity contribution in [2.75, 3.05) is 26.3 Å². The van der Waals surface area contributed by atoms with Crippen LogP contribution in [0, 0.1) is 0 Å². The van der Waals surface area contributed by atoms with Crippen molar-refractivity contribution in [2.45, 2.75) is 56.5 Å². The van der Waals surface area contributed by atoms with E-state index in [0.717, 1.165) is 50.8 Å². The second kappa shape index (κ2) is 10.3. The predicted molar refractivity (Wildman–Crippen MR) is 144 cm³/mol. The quantitative estimate of drug-likeness (QED) is 0.517. The number of carbonyl (C=O) groups excluding carboxylic acids is 1. The maximum atomic E-state index is 13.2. The highest BCUT2D eigenvalue weighted by Crippen LogP contribution is 2.38. The van der Waals surface area contributed by atoms with Crippen molar-refractivity contribution in [1.82, 2.24) is 19.8 Å². The van der Waals surface area contributed by atoms with Gasteiger partial charge in [-0.3, -0.25) is 24.0 Å². The highest BCUT2D eigenvalue weighted by Gasteiger charge is 2.42. The van der Waals surface area contributed by atoms with Crippen molar-refractivity contribution in [3.63, 3.8) is 0 Å². The number of fused-ring (bicyclic) bond motifs is 1. The maximum Gasteiger partial charge on any atom is 0.329 e. The first-order valence-corrected chi connectivity index (χ1v) is 13.6. The Balaban J connectivity index is 1.12. The molecule has 1 aromatic heterocycles. The van der Waals surface area contributed by atoms with Crippen LogP contribution < -0.4 is 16.6 Å². The van der Waals surface area contributed by atoms with Gasteiger partial charge in [0, 0.05) is 38.0 Å². The van der Waals surface area contributed by atoms with E-state index in [-0.39, 0.29) is 24.3 Å². The molecule has 0 radical (unpaired) electrons. The summed E-state index contributed by atoms with van der Waals surface area (Å²) < 4.78 is 13.2. The van der Waals surface area contributed by atoms with Crippen LogP contribution in [0.25, 0.3) is 10.9 Å². The molecular weight excluding hydrogens is 508 g/mol. The summed E-state index contributed by atoms with van der Waals surface area (Å²) in [7, 11) is 0. The first-order chi connectivity index (χ1) is 18.4. The number of ether oxygens (including phenoxy) is 2. The molecule has 2 aromatic carbocycles. The zero-order valence-electron chi connectivity index (χ0n) is 21.1. The molecule has 1 aliphatic carbocycles. The van der Waals surface area contributed by atoms with Crippen LogP contribution in [0.3, 0.4) is 0 Å². The Morgan fingerprint density at radius 1 is 1.08 bits per heavy atom. The molecule has 1 amide bonds. The molecule has 3 aliphatic rings. The molecule has 9 nitrogen and oxygen atoms in total. The minimum atomic E-state index is -0.500. The average molecular weight is 539 g/mol. The Labute approximate surface area is 224 Å². The molecule has 1 spiro atoms. The van der Waals surface area contributed by atoms with Crippen molar-refractivity contribution in [2.24, 2.45) is 0 Å². The summed E-state index contributed by atoms with van der Waals surface area (Å²) in [6.07, 6.45) is 4.79. The van der Waals surface area contributed by atoms with Crippen molar-refractivity contribution >= 4 is 28.4 Å². The highest BCUT2D eigenvalue weighted by molar-refractivity contribution is 6.33. The summed E-state index contributed by atoms with van der Waals surface area (Å²) in [5, 5.41) is 3.95. The van der Waals surface area contributed by atoms with Crippen molar-refractivity contribution in [3.8, 4) is 0 Å². The molecule has 2 aliphatic heterocycles. The third-order valence-corrected chi connectivity index (χ3v) is 8.45. The summed E-state index contributed by atoms with van der Waals surface area (Å²) in [6.45, 7) is 3.32. The fourth-order valence-corrected chi connectivity index (χ4v) is 6.32. The van der Waals surface area contributed by atoms with Gasteiger partial charge in [-0.15, -0.1) is 0 Å². The van der Waals surface area contributed by atoms with Gasteiger partial charge < -0.3 is 14.8 Å². The second-order valence-electron chi connectivity index (χ2n) is 10.5. The van der Waals surface area contributed by atoms with E-state index in [2.05, 4.69) is 15.2 Å². The molecule has 6 rings (SSSR count). The minimum Gasteiger partial charge on any atom is -0.348 e. The lowest BCUT2D eigenvalue weighted by atomic mass is 9.89. The Bertz CT molecular complexity index is 1470. The van der Waals surface area contributed by atoms with Gasteiger partial charge in [-0.2, -0.15) is 0 Å². The number of rotatable bonds is 5. The van der Waals surface area contributed by atoms with Crippen LogP contribution in [0.2, 0.25) is 5.02 Å². The Hall–Kier alpha value is -2.98. The molecule has 3 heterocycles. The maximum absolute atomic E-state index is 13.2. The molecule has 3 fully saturated rings. The predicted octanol–water partition coefficient (Wildman–Crippen LogP) is 2.88. The summed E-state index contributed by atoms with van der Waals surface area (Å²) in [5.74, 6) is -0.587. The van der Waals surface area contributed by atoms with Crippen LogP contribution in [0.15, 0.2) is 52.1 Å². The van der Waals surface area contributed by atoms with Gasteiger partial charge >= 0.3 is 5.69 Å². The SMILES string of the molecule is O=C(NC1CCN(C2CCC3(CC2)OCCO3)C1)c1cc(Cn2c(=O)[nH]c(=O)c3ccccc32)ccc1Cl. The third kappa shape index (κ3) is 4.91. The molecule has 1 atom stereocenters. The van der Waals surface area contributed by atoms with Crippen molar-refractivity contribution in [1.29, 1.82) is 0 Å². The van der Waals surface area contributed by atoms with E-state index in [1.165, 1.54) is 4.57 Å². The molecule has 10 heteroatoms. The van der Waals surface area contributed by atoms with Crippen LogP contribution in [-0.2, 0) is 16.0 Å². The van der Waals surface area contributed by atoms with Crippen LogP contribution in [0.1, 0.15) is 48.0 Å². The van der Waals surface area contributed by atoms with Gasteiger partial charge in [0.15, 0.2) is 5.79 Å². The van der Waals surface area contributed by atoms with Crippen molar-refractivity contribution < 1.29 is 14.3 Å². The van der Waals surface area contributed by atoms with E-state index in [1.807, 2.05) is 0 Å². The van der Waals surface area contributed by atoms with E-state index in [4.69, 9.17) is 21.1 Å². The lowest BCUT2D eigenvalue weighted by Crippen LogP contribution is -2.45. The monoisotopic (exact) mass is 538 g/mol. The third-order valence-electron chi connectivity index (χ3n) is 8.12. The standard InChI is InChI=1S/C28H31ClN4O5/c29-23-6-5-18(16-33-24-4-2-1-3-21(24)25(34)31-27(33)36)15-22(23)26(35)30-19-9-12-32(17-19)20-7-10-28(11-8-20)37-13-14-38-28/h1-6,15,19-20H,7-14,16-17H2,(H,30,35)(H,31,34,36). The van der Waals surface area contributed by atoms with Gasteiger partial charge in [-0.25, -0.2) is 4.79 Å². The lowest BCUT2D eigenvalue weighted by Gasteiger charge is -2.39. The van der Waals surface area contributed by atoms with Crippen LogP contribution >= 0.6 is 11.6 Å². The van der Waals surface area contributed by atoms with Gasteiger partial charge in [-0.05, 0) is 49.1 Å².